The number of hydrogen-bond acceptors (Lipinski definition) is 1. The zero-order valence-corrected chi connectivity index (χ0v) is 6.65. The molecule has 60 valence electrons. The molecule has 0 N–H and O–H groups in total. The third-order valence-corrected chi connectivity index (χ3v) is 1.35. The Bertz CT molecular complexity index is 42.5. The molecule has 0 atom stereocenters. The van der Waals surface area contributed by atoms with E-state index in [4.69, 9.17) is 4.74 Å². The van der Waals surface area contributed by atoms with E-state index in [1.54, 1.807) is 0 Å². The summed E-state index contributed by atoms with van der Waals surface area (Å²) in [5, 5.41) is 0. The highest BCUT2D eigenvalue weighted by Gasteiger charge is 1.85. The number of rotatable bonds is 6. The Morgan fingerprint density at radius 3 is 2.20 bits per heavy atom. The van der Waals surface area contributed by atoms with Crippen LogP contribution < -0.4 is 0 Å². The average molecular weight is 157 g/mol. The lowest BCUT2D eigenvalue weighted by Crippen LogP contribution is -1.92. The largest absolute Gasteiger partial charge is 0.382 e. The molecule has 0 radical (unpaired) electrons. The third kappa shape index (κ3) is 11.5. The van der Waals surface area contributed by atoms with Crippen LogP contribution in [-0.4, -0.2) is 36.3 Å². The van der Waals surface area contributed by atoms with E-state index in [0.29, 0.717) is 0 Å². The lowest BCUT2D eigenvalue weighted by molar-refractivity contribution is 0.143. The first-order valence-electron chi connectivity index (χ1n) is 3.99. The normalized spacial score (nSPS) is 9.00. The molecule has 0 amide bonds. The van der Waals surface area contributed by atoms with Crippen molar-refractivity contribution >= 4 is 23.1 Å². The van der Waals surface area contributed by atoms with Crippen molar-refractivity contribution in [2.24, 2.45) is 0 Å². The molecule has 0 aromatic carbocycles. The predicted octanol–water partition coefficient (Wildman–Crippen LogP) is 1.69. The van der Waals surface area contributed by atoms with Crippen molar-refractivity contribution in [2.45, 2.75) is 39.5 Å². The van der Waals surface area contributed by atoms with Gasteiger partial charge in [0.05, 0.1) is 0 Å². The van der Waals surface area contributed by atoms with Crippen LogP contribution in [0.4, 0.5) is 0 Å². The van der Waals surface area contributed by atoms with Gasteiger partial charge in [-0.1, -0.05) is 26.2 Å². The molecule has 0 aliphatic heterocycles. The van der Waals surface area contributed by atoms with Crippen LogP contribution in [0.1, 0.15) is 39.5 Å². The molecule has 0 bridgehead atoms. The summed E-state index contributed by atoms with van der Waals surface area (Å²) in [5.41, 5.74) is 0. The Kier molecular flexibility index (Phi) is 16.5. The minimum Gasteiger partial charge on any atom is -0.382 e. The molecular weight excluding hydrogens is 136 g/mol. The molecule has 10 heavy (non-hydrogen) atoms. The molecule has 0 spiro atoms. The quantitative estimate of drug-likeness (QED) is 0.420. The van der Waals surface area contributed by atoms with Gasteiger partial charge in [0.2, 0.25) is 0 Å². The molecule has 0 unspecified atom stereocenters. The molecule has 0 saturated heterocycles. The topological polar surface area (TPSA) is 9.23 Å². The van der Waals surface area contributed by atoms with Crippen LogP contribution in [0.2, 0.25) is 0 Å². The first kappa shape index (κ1) is 13.3. The minimum absolute atomic E-state index is 0. The molecule has 0 aromatic rings. The van der Waals surface area contributed by atoms with Crippen molar-refractivity contribution < 1.29 is 4.74 Å². The van der Waals surface area contributed by atoms with E-state index in [0.717, 1.165) is 13.2 Å². The van der Waals surface area contributed by atoms with Gasteiger partial charge in [-0.05, 0) is 13.3 Å². The van der Waals surface area contributed by atoms with E-state index in [2.05, 4.69) is 6.92 Å². The van der Waals surface area contributed by atoms with Crippen molar-refractivity contribution in [1.29, 1.82) is 0 Å². The van der Waals surface area contributed by atoms with E-state index in [-0.39, 0.29) is 23.1 Å². The van der Waals surface area contributed by atoms with E-state index in [1.165, 1.54) is 25.7 Å². The second-order valence-electron chi connectivity index (χ2n) is 2.26. The monoisotopic (exact) mass is 156 g/mol. The number of unbranched alkanes of at least 4 members (excludes halogenated alkanes) is 3. The van der Waals surface area contributed by atoms with Crippen molar-refractivity contribution in [3.05, 3.63) is 0 Å². The fourth-order valence-electron chi connectivity index (χ4n) is 0.775. The zero-order valence-electron chi connectivity index (χ0n) is 6.65. The van der Waals surface area contributed by atoms with Gasteiger partial charge in [-0.15, -0.1) is 0 Å². The Morgan fingerprint density at radius 1 is 1.00 bits per heavy atom. The molecule has 0 saturated carbocycles. The van der Waals surface area contributed by atoms with Crippen molar-refractivity contribution in [3.63, 3.8) is 0 Å². The molecular formula is C8H20MgO. The van der Waals surface area contributed by atoms with Gasteiger partial charge in [0.1, 0.15) is 0 Å². The summed E-state index contributed by atoms with van der Waals surface area (Å²) in [6.45, 7) is 6.09. The Balaban J connectivity index is 0. The van der Waals surface area contributed by atoms with Crippen LogP contribution in [0, 0.1) is 0 Å². The lowest BCUT2D eigenvalue weighted by atomic mass is 10.2. The molecule has 0 aliphatic rings. The smallest absolute Gasteiger partial charge is 0.316 e. The number of ether oxygens (including phenoxy) is 1. The Hall–Kier alpha value is 0.726. The van der Waals surface area contributed by atoms with Crippen LogP contribution in [0.3, 0.4) is 0 Å². The highest BCUT2D eigenvalue weighted by atomic mass is 24.3. The highest BCUT2D eigenvalue weighted by molar-refractivity contribution is 5.75. The van der Waals surface area contributed by atoms with Crippen LogP contribution in [-0.2, 0) is 4.74 Å². The van der Waals surface area contributed by atoms with Gasteiger partial charge in [0.15, 0.2) is 0 Å². The predicted molar refractivity (Wildman–Crippen MR) is 49.2 cm³/mol. The summed E-state index contributed by atoms with van der Waals surface area (Å²) in [7, 11) is 0. The summed E-state index contributed by atoms with van der Waals surface area (Å²) in [6, 6.07) is 0. The summed E-state index contributed by atoms with van der Waals surface area (Å²) < 4.78 is 5.18. The molecule has 0 aromatic heterocycles. The summed E-state index contributed by atoms with van der Waals surface area (Å²) >= 11 is 0. The average Bonchev–Trinajstić information content (AvgIpc) is 1.89. The van der Waals surface area contributed by atoms with Crippen LogP contribution in [0.15, 0.2) is 0 Å². The maximum Gasteiger partial charge on any atom is 0.316 e. The van der Waals surface area contributed by atoms with Gasteiger partial charge in [0.25, 0.3) is 0 Å². The Morgan fingerprint density at radius 2 is 1.70 bits per heavy atom. The van der Waals surface area contributed by atoms with E-state index in [1.807, 2.05) is 6.92 Å². The molecule has 0 aliphatic carbocycles. The van der Waals surface area contributed by atoms with Crippen LogP contribution in [0.25, 0.3) is 0 Å². The van der Waals surface area contributed by atoms with Gasteiger partial charge in [-0.3, -0.25) is 0 Å². The van der Waals surface area contributed by atoms with Crippen LogP contribution in [0.5, 0.6) is 0 Å². The molecule has 2 heteroatoms. The van der Waals surface area contributed by atoms with Gasteiger partial charge < -0.3 is 4.74 Å². The van der Waals surface area contributed by atoms with Gasteiger partial charge in [-0.25, -0.2) is 0 Å². The van der Waals surface area contributed by atoms with E-state index in [9.17, 15) is 0 Å². The van der Waals surface area contributed by atoms with Gasteiger partial charge in [0, 0.05) is 13.2 Å². The number of hydrogen-bond donors (Lipinski definition) is 0. The maximum absolute atomic E-state index is 5.18. The van der Waals surface area contributed by atoms with E-state index >= 15 is 0 Å². The molecule has 1 nitrogen and oxygen atoms in total. The minimum atomic E-state index is 0. The van der Waals surface area contributed by atoms with Crippen LogP contribution >= 0.6 is 0 Å². The first-order chi connectivity index (χ1) is 4.41. The van der Waals surface area contributed by atoms with Crippen molar-refractivity contribution in [1.82, 2.24) is 0 Å². The molecule has 0 fully saturated rings. The van der Waals surface area contributed by atoms with E-state index < -0.39 is 0 Å². The van der Waals surface area contributed by atoms with Gasteiger partial charge in [-0.2, -0.15) is 0 Å². The van der Waals surface area contributed by atoms with Gasteiger partial charge >= 0.3 is 23.1 Å². The fourth-order valence-corrected chi connectivity index (χ4v) is 0.775. The second-order valence-corrected chi connectivity index (χ2v) is 2.26. The fraction of sp³-hybridized carbons (Fsp3) is 1.00. The molecule has 0 rings (SSSR count). The molecule has 0 heterocycles. The first-order valence-corrected chi connectivity index (χ1v) is 3.99. The lowest BCUT2D eigenvalue weighted by Gasteiger charge is -1.98. The van der Waals surface area contributed by atoms with Crippen molar-refractivity contribution in [3.8, 4) is 0 Å². The Labute approximate surface area is 80.7 Å². The summed E-state index contributed by atoms with van der Waals surface area (Å²) in [6.07, 6.45) is 5.23. The highest BCUT2D eigenvalue weighted by Crippen LogP contribution is 1.98. The third-order valence-electron chi connectivity index (χ3n) is 1.35. The second kappa shape index (κ2) is 12.4. The summed E-state index contributed by atoms with van der Waals surface area (Å²) in [5.74, 6) is 0. The SMILES string of the molecule is CCCCCCOCC.[MgH2]. The maximum atomic E-state index is 5.18. The zero-order chi connectivity index (χ0) is 6.95. The summed E-state index contributed by atoms with van der Waals surface area (Å²) in [4.78, 5) is 0. The standard InChI is InChI=1S/C8H18O.Mg.2H/c1-3-5-6-7-8-9-4-2;;;/h3-8H2,1-2H3;;;. The van der Waals surface area contributed by atoms with Crippen molar-refractivity contribution in [2.75, 3.05) is 13.2 Å².